The first-order valence-corrected chi connectivity index (χ1v) is 13.0. The van der Waals surface area contributed by atoms with Gasteiger partial charge in [-0.15, -0.1) is 0 Å². The van der Waals surface area contributed by atoms with E-state index in [1.54, 1.807) is 18.2 Å². The van der Waals surface area contributed by atoms with Crippen molar-refractivity contribution >= 4 is 50.7 Å². The molecule has 190 valence electrons. The Labute approximate surface area is 219 Å². The summed E-state index contributed by atoms with van der Waals surface area (Å²) >= 11 is 12.3. The maximum Gasteiger partial charge on any atom is 0.264 e. The molecule has 11 heteroatoms. The van der Waals surface area contributed by atoms with E-state index in [9.17, 15) is 22.4 Å². The summed E-state index contributed by atoms with van der Waals surface area (Å²) < 4.78 is 42.5. The minimum Gasteiger partial charge on any atom is -0.357 e. The number of nitrogens with one attached hydrogen (secondary N) is 1. The topological polar surface area (TPSA) is 86.8 Å². The molecule has 0 spiro atoms. The Morgan fingerprint density at radius 1 is 1.00 bits per heavy atom. The van der Waals surface area contributed by atoms with Crippen molar-refractivity contribution < 1.29 is 22.4 Å². The molecule has 0 heterocycles. The third kappa shape index (κ3) is 6.16. The van der Waals surface area contributed by atoms with Crippen molar-refractivity contribution in [3.8, 4) is 0 Å². The Bertz CT molecular complexity index is 1360. The zero-order valence-corrected chi connectivity index (χ0v) is 21.8. The van der Waals surface area contributed by atoms with Crippen molar-refractivity contribution in [2.45, 2.75) is 24.4 Å². The number of anilines is 1. The number of hydrogen-bond donors (Lipinski definition) is 1. The van der Waals surface area contributed by atoms with E-state index in [4.69, 9.17) is 23.2 Å². The average Bonchev–Trinajstić information content (AvgIpc) is 2.86. The second kappa shape index (κ2) is 11.7. The molecule has 0 radical (unpaired) electrons. The minimum absolute atomic E-state index is 0.111. The van der Waals surface area contributed by atoms with Gasteiger partial charge in [0, 0.05) is 23.6 Å². The molecular formula is C25H24Cl2FN3O4S. The standard InChI is InChI=1S/C25H24Cl2FN3O4S/c1-17(25(33)29-2)30(15-18-12-13-19(26)14-21(18)27)24(32)16-31(23-11-7-6-10-22(23)28)36(34,35)20-8-4-3-5-9-20/h3-14,17H,15-16H2,1-2H3,(H,29,33)/t17-/m0/s1. The number of halogens is 3. The van der Waals surface area contributed by atoms with E-state index < -0.39 is 40.2 Å². The first-order valence-electron chi connectivity index (χ1n) is 10.8. The molecule has 36 heavy (non-hydrogen) atoms. The predicted octanol–water partition coefficient (Wildman–Crippen LogP) is 4.49. The van der Waals surface area contributed by atoms with Crippen LogP contribution in [0.3, 0.4) is 0 Å². The van der Waals surface area contributed by atoms with Crippen LogP contribution >= 0.6 is 23.2 Å². The van der Waals surface area contributed by atoms with Gasteiger partial charge in [0.1, 0.15) is 18.4 Å². The number of carbonyl (C=O) groups is 2. The van der Waals surface area contributed by atoms with Gasteiger partial charge in [-0.05, 0) is 48.9 Å². The summed E-state index contributed by atoms with van der Waals surface area (Å²) in [5, 5.41) is 3.14. The summed E-state index contributed by atoms with van der Waals surface area (Å²) in [5.74, 6) is -2.03. The van der Waals surface area contributed by atoms with Crippen LogP contribution in [0.2, 0.25) is 10.0 Å². The van der Waals surface area contributed by atoms with E-state index >= 15 is 0 Å². The van der Waals surface area contributed by atoms with Crippen molar-refractivity contribution in [2.75, 3.05) is 17.9 Å². The molecule has 0 bridgehead atoms. The summed E-state index contributed by atoms with van der Waals surface area (Å²) in [6.45, 7) is 0.629. The predicted molar refractivity (Wildman–Crippen MR) is 138 cm³/mol. The van der Waals surface area contributed by atoms with Crippen molar-refractivity contribution in [1.82, 2.24) is 10.2 Å². The third-order valence-corrected chi connectivity index (χ3v) is 7.86. The number of nitrogens with zero attached hydrogens (tertiary/aromatic N) is 2. The molecule has 1 atom stereocenters. The SMILES string of the molecule is CNC(=O)[C@H](C)N(Cc1ccc(Cl)cc1Cl)C(=O)CN(c1ccccc1F)S(=O)(=O)c1ccccc1. The summed E-state index contributed by atoms with van der Waals surface area (Å²) in [4.78, 5) is 27.1. The summed E-state index contributed by atoms with van der Waals surface area (Å²) in [7, 11) is -2.92. The smallest absolute Gasteiger partial charge is 0.264 e. The molecule has 0 aliphatic heterocycles. The van der Waals surface area contributed by atoms with Crippen LogP contribution in [0, 0.1) is 5.82 Å². The van der Waals surface area contributed by atoms with Gasteiger partial charge in [-0.3, -0.25) is 13.9 Å². The van der Waals surface area contributed by atoms with Crippen LogP contribution in [-0.2, 0) is 26.2 Å². The third-order valence-electron chi connectivity index (χ3n) is 5.50. The van der Waals surface area contributed by atoms with Crippen LogP contribution in [0.1, 0.15) is 12.5 Å². The Balaban J connectivity index is 2.05. The molecule has 1 N–H and O–H groups in total. The van der Waals surface area contributed by atoms with E-state index in [0.717, 1.165) is 6.07 Å². The fourth-order valence-corrected chi connectivity index (χ4v) is 5.42. The second-order valence-corrected chi connectivity index (χ2v) is 10.5. The van der Waals surface area contributed by atoms with Crippen LogP contribution in [0.4, 0.5) is 10.1 Å². The van der Waals surface area contributed by atoms with Gasteiger partial charge in [0.05, 0.1) is 10.6 Å². The summed E-state index contributed by atoms with van der Waals surface area (Å²) in [5.41, 5.74) is 0.195. The van der Waals surface area contributed by atoms with Crippen molar-refractivity contribution in [3.05, 3.63) is 94.2 Å². The quantitative estimate of drug-likeness (QED) is 0.424. The lowest BCUT2D eigenvalue weighted by Gasteiger charge is -2.32. The molecule has 3 aromatic carbocycles. The van der Waals surface area contributed by atoms with E-state index in [2.05, 4.69) is 5.32 Å². The van der Waals surface area contributed by atoms with Gasteiger partial charge in [-0.25, -0.2) is 12.8 Å². The molecule has 7 nitrogen and oxygen atoms in total. The van der Waals surface area contributed by atoms with Crippen LogP contribution in [-0.4, -0.2) is 44.8 Å². The van der Waals surface area contributed by atoms with Crippen molar-refractivity contribution in [2.24, 2.45) is 0 Å². The molecule has 0 aromatic heterocycles. The van der Waals surface area contributed by atoms with Crippen LogP contribution in [0.15, 0.2) is 77.7 Å². The minimum atomic E-state index is -4.34. The maximum absolute atomic E-state index is 14.8. The highest BCUT2D eigenvalue weighted by Gasteiger charge is 2.33. The summed E-state index contributed by atoms with van der Waals surface area (Å²) in [6, 6.07) is 16.3. The van der Waals surface area contributed by atoms with E-state index in [0.29, 0.717) is 14.9 Å². The van der Waals surface area contributed by atoms with Crippen LogP contribution in [0.25, 0.3) is 0 Å². The van der Waals surface area contributed by atoms with E-state index in [1.807, 2.05) is 0 Å². The number of likely N-dealkylation sites (N-methyl/N-ethyl adjacent to an activating group) is 1. The van der Waals surface area contributed by atoms with Crippen LogP contribution in [0.5, 0.6) is 0 Å². The summed E-state index contributed by atoms with van der Waals surface area (Å²) in [6.07, 6.45) is 0. The second-order valence-electron chi connectivity index (χ2n) is 7.82. The molecule has 0 fully saturated rings. The number of amides is 2. The van der Waals surface area contributed by atoms with Crippen molar-refractivity contribution in [3.63, 3.8) is 0 Å². The Kier molecular flexibility index (Phi) is 8.94. The number of hydrogen-bond acceptors (Lipinski definition) is 4. The zero-order chi connectivity index (χ0) is 26.5. The van der Waals surface area contributed by atoms with Gasteiger partial charge in [0.2, 0.25) is 11.8 Å². The lowest BCUT2D eigenvalue weighted by Crippen LogP contribution is -2.50. The fourth-order valence-electron chi connectivity index (χ4n) is 3.51. The number of sulfonamides is 1. The fraction of sp³-hybridized carbons (Fsp3) is 0.200. The molecular weight excluding hydrogens is 528 g/mol. The molecule has 0 aliphatic rings. The van der Waals surface area contributed by atoms with E-state index in [1.165, 1.54) is 67.4 Å². The Hall–Kier alpha value is -3.14. The number of carbonyl (C=O) groups excluding carboxylic acids is 2. The van der Waals surface area contributed by atoms with Gasteiger partial charge < -0.3 is 10.2 Å². The van der Waals surface area contributed by atoms with Crippen LogP contribution < -0.4 is 9.62 Å². The maximum atomic E-state index is 14.8. The number of para-hydroxylation sites is 1. The van der Waals surface area contributed by atoms with Gasteiger partial charge >= 0.3 is 0 Å². The molecule has 3 rings (SSSR count). The lowest BCUT2D eigenvalue weighted by molar-refractivity contribution is -0.139. The molecule has 0 aliphatic carbocycles. The molecule has 0 unspecified atom stereocenters. The monoisotopic (exact) mass is 551 g/mol. The Morgan fingerprint density at radius 2 is 1.64 bits per heavy atom. The molecule has 2 amide bonds. The normalized spacial score (nSPS) is 12.0. The zero-order valence-electron chi connectivity index (χ0n) is 19.5. The lowest BCUT2D eigenvalue weighted by atomic mass is 10.1. The van der Waals surface area contributed by atoms with E-state index in [-0.39, 0.29) is 22.2 Å². The van der Waals surface area contributed by atoms with Gasteiger partial charge in [-0.1, -0.05) is 59.6 Å². The average molecular weight is 552 g/mol. The first-order chi connectivity index (χ1) is 17.1. The molecule has 0 saturated heterocycles. The largest absolute Gasteiger partial charge is 0.357 e. The molecule has 3 aromatic rings. The van der Waals surface area contributed by atoms with Crippen molar-refractivity contribution in [1.29, 1.82) is 0 Å². The highest BCUT2D eigenvalue weighted by atomic mass is 35.5. The van der Waals surface area contributed by atoms with Gasteiger partial charge in [-0.2, -0.15) is 0 Å². The highest BCUT2D eigenvalue weighted by Crippen LogP contribution is 2.28. The first kappa shape index (κ1) is 27.4. The number of rotatable bonds is 9. The number of benzene rings is 3. The van der Waals surface area contributed by atoms with Gasteiger partial charge in [0.15, 0.2) is 0 Å². The Morgan fingerprint density at radius 3 is 2.25 bits per heavy atom. The highest BCUT2D eigenvalue weighted by molar-refractivity contribution is 7.92. The van der Waals surface area contributed by atoms with Gasteiger partial charge in [0.25, 0.3) is 10.0 Å². The molecule has 0 saturated carbocycles.